The van der Waals surface area contributed by atoms with Gasteiger partial charge in [0.05, 0.1) is 22.8 Å². The molecule has 230 valence electrons. The van der Waals surface area contributed by atoms with E-state index in [0.29, 0.717) is 29.7 Å². The van der Waals surface area contributed by atoms with Gasteiger partial charge in [-0.25, -0.2) is 9.97 Å². The zero-order chi connectivity index (χ0) is 31.2. The number of nitrogens with zero attached hydrogens (tertiary/aromatic N) is 4. The first-order valence-corrected chi connectivity index (χ1v) is 15.1. The molecule has 8 nitrogen and oxygen atoms in total. The number of aliphatic carboxylic acids is 2. The number of fused-ring (bicyclic) bond motifs is 8. The Hall–Kier alpha value is -3.59. The molecule has 0 radical (unpaired) electrons. The first-order valence-electron chi connectivity index (χ1n) is 14.6. The summed E-state index contributed by atoms with van der Waals surface area (Å²) in [5.41, 5.74) is 13.7. The van der Waals surface area contributed by atoms with Gasteiger partial charge in [0.15, 0.2) is 0 Å². The van der Waals surface area contributed by atoms with E-state index in [2.05, 4.69) is 20.8 Å². The number of rotatable bonds is 8. The van der Waals surface area contributed by atoms with Crippen LogP contribution >= 0.6 is 12.6 Å². The molecule has 3 aromatic heterocycles. The molecule has 1 atom stereocenters. The minimum Gasteiger partial charge on any atom is -0.657 e. The Morgan fingerprint density at radius 1 is 0.750 bits per heavy atom. The summed E-state index contributed by atoms with van der Waals surface area (Å²) in [7, 11) is 0. The van der Waals surface area contributed by atoms with E-state index in [1.54, 1.807) is 0 Å². The number of carboxylic acid groups (broad SMARTS) is 2. The molecule has 0 amide bonds. The van der Waals surface area contributed by atoms with E-state index in [9.17, 15) is 19.8 Å². The van der Waals surface area contributed by atoms with E-state index in [-0.39, 0.29) is 35.2 Å². The van der Waals surface area contributed by atoms with Crippen LogP contribution in [0.1, 0.15) is 104 Å². The Labute approximate surface area is 273 Å². The number of hydrogen-bond acceptors (Lipinski definition) is 5. The molecule has 44 heavy (non-hydrogen) atoms. The maximum Gasteiger partial charge on any atom is 2.00 e. The topological polar surface area (TPSA) is 129 Å². The van der Waals surface area contributed by atoms with Crippen LogP contribution in [0.3, 0.4) is 0 Å². The quantitative estimate of drug-likeness (QED) is 0.171. The van der Waals surface area contributed by atoms with Crippen molar-refractivity contribution in [2.45, 2.75) is 78.9 Å². The minimum atomic E-state index is -0.889. The van der Waals surface area contributed by atoms with Crippen LogP contribution in [-0.4, -0.2) is 32.1 Å². The Morgan fingerprint density at radius 2 is 1.23 bits per heavy atom. The van der Waals surface area contributed by atoms with Crippen molar-refractivity contribution in [2.75, 3.05) is 0 Å². The minimum absolute atomic E-state index is 0. The molecule has 0 aliphatic carbocycles. The van der Waals surface area contributed by atoms with Crippen LogP contribution in [0.15, 0.2) is 24.3 Å². The van der Waals surface area contributed by atoms with Crippen molar-refractivity contribution in [1.29, 1.82) is 0 Å². The summed E-state index contributed by atoms with van der Waals surface area (Å²) in [4.78, 5) is 43.1. The van der Waals surface area contributed by atoms with Gasteiger partial charge in [-0.15, -0.1) is 22.1 Å². The van der Waals surface area contributed by atoms with Crippen molar-refractivity contribution in [1.82, 2.24) is 19.9 Å². The van der Waals surface area contributed by atoms with Crippen LogP contribution in [0, 0.1) is 13.8 Å². The number of aryl methyl sites for hydroxylation is 3. The van der Waals surface area contributed by atoms with Crippen LogP contribution in [0.5, 0.6) is 0 Å². The molecule has 0 saturated heterocycles. The molecule has 2 aliphatic rings. The van der Waals surface area contributed by atoms with Gasteiger partial charge in [-0.2, -0.15) is 12.6 Å². The van der Waals surface area contributed by atoms with E-state index in [1.807, 2.05) is 45.0 Å². The van der Waals surface area contributed by atoms with E-state index in [4.69, 9.17) is 32.6 Å². The van der Waals surface area contributed by atoms with Gasteiger partial charge >= 0.3 is 29.0 Å². The standard InChI is InChI=1S/C34H38N4O4S.Fe/c1-7-21-16(2)24-12-25-17(3)22(8-10-32(39)40)29(36-25)15-30-23(9-11-33(41)42)18(4)26(37-30)14-31-34(20(6)43)19(5)27(38-31)13-28(21)35-24;/h12-15,20H,7-11H2,1-6H3,(H5,35,36,37,38,39,40,41,42,43);/q;+2/p-2/t20-;/m1./s1. The summed E-state index contributed by atoms with van der Waals surface area (Å²) in [6.45, 7) is 12.2. The van der Waals surface area contributed by atoms with Gasteiger partial charge in [0.2, 0.25) is 0 Å². The fourth-order valence-corrected chi connectivity index (χ4v) is 6.43. The molecule has 0 saturated carbocycles. The predicted molar refractivity (Wildman–Crippen MR) is 174 cm³/mol. The number of aromatic nitrogens is 4. The molecule has 2 aliphatic heterocycles. The fourth-order valence-electron chi connectivity index (χ4n) is 6.10. The Bertz CT molecular complexity index is 1900. The van der Waals surface area contributed by atoms with Crippen molar-refractivity contribution >= 4 is 68.9 Å². The normalized spacial score (nSPS) is 13.7. The van der Waals surface area contributed by atoms with Crippen molar-refractivity contribution in [3.63, 3.8) is 0 Å². The van der Waals surface area contributed by atoms with Crippen molar-refractivity contribution in [3.8, 4) is 0 Å². The third-order valence-corrected chi connectivity index (χ3v) is 8.77. The summed E-state index contributed by atoms with van der Waals surface area (Å²) in [5, 5.41) is 18.9. The Balaban J connectivity index is 0.00000442. The van der Waals surface area contributed by atoms with E-state index < -0.39 is 11.9 Å². The smallest absolute Gasteiger partial charge is 0.657 e. The molecule has 5 rings (SSSR count). The number of allylic oxidation sites excluding steroid dienone is 4. The van der Waals surface area contributed by atoms with E-state index in [1.165, 1.54) is 0 Å². The monoisotopic (exact) mass is 652 g/mol. The van der Waals surface area contributed by atoms with E-state index >= 15 is 0 Å². The molecular weight excluding hydrogens is 616 g/mol. The number of hydrogen-bond donors (Lipinski definition) is 3. The Kier molecular flexibility index (Phi) is 9.98. The van der Waals surface area contributed by atoms with Crippen LogP contribution in [-0.2, 0) is 33.1 Å². The molecule has 5 heterocycles. The second-order valence-corrected chi connectivity index (χ2v) is 12.0. The summed E-state index contributed by atoms with van der Waals surface area (Å²) in [5.74, 6) is -1.77. The van der Waals surface area contributed by atoms with Crippen LogP contribution in [0.2, 0.25) is 0 Å². The van der Waals surface area contributed by atoms with Gasteiger partial charge in [0.1, 0.15) is 0 Å². The van der Waals surface area contributed by atoms with Gasteiger partial charge in [0, 0.05) is 18.1 Å². The predicted octanol–water partition coefficient (Wildman–Crippen LogP) is 7.33. The molecule has 8 bridgehead atoms. The van der Waals surface area contributed by atoms with Gasteiger partial charge in [-0.1, -0.05) is 47.9 Å². The third-order valence-electron chi connectivity index (χ3n) is 8.51. The zero-order valence-corrected chi connectivity index (χ0v) is 27.7. The molecule has 0 spiro atoms. The molecule has 10 heteroatoms. The van der Waals surface area contributed by atoms with Crippen LogP contribution in [0.25, 0.3) is 44.4 Å². The maximum atomic E-state index is 11.6. The molecule has 0 fully saturated rings. The van der Waals surface area contributed by atoms with Gasteiger partial charge in [-0.05, 0) is 81.7 Å². The Morgan fingerprint density at radius 3 is 1.82 bits per heavy atom. The second-order valence-electron chi connectivity index (χ2n) is 11.3. The van der Waals surface area contributed by atoms with Crippen LogP contribution < -0.4 is 9.97 Å². The molecule has 2 N–H and O–H groups in total. The largest absolute Gasteiger partial charge is 2.00 e. The summed E-state index contributed by atoms with van der Waals surface area (Å²) >= 11 is 4.79. The van der Waals surface area contributed by atoms with E-state index in [0.717, 1.165) is 78.9 Å². The summed E-state index contributed by atoms with van der Waals surface area (Å²) < 4.78 is 0. The third kappa shape index (κ3) is 6.29. The first kappa shape index (κ1) is 33.3. The van der Waals surface area contributed by atoms with Crippen molar-refractivity contribution in [3.05, 3.63) is 69.3 Å². The van der Waals surface area contributed by atoms with Crippen molar-refractivity contribution < 1.29 is 36.9 Å². The average Bonchev–Trinajstić information content (AvgIpc) is 3.59. The number of carboxylic acids is 2. The first-order chi connectivity index (χ1) is 20.4. The molecule has 0 unspecified atom stereocenters. The fraction of sp³-hybridized carbons (Fsp3) is 0.353. The summed E-state index contributed by atoms with van der Waals surface area (Å²) in [6.07, 6.45) is 1.35. The van der Waals surface area contributed by atoms with Crippen LogP contribution in [0.4, 0.5) is 0 Å². The SMILES string of the molecule is CCC1=C(C)c2cc3[n-]c(cc4nc(cc5[n-]c(cc1n2)c(C)c5[C@@H](C)S)C(C)=C4CCC(=O)O)c(CCC(=O)O)c3C.[Fe+2]. The second kappa shape index (κ2) is 13.2. The maximum absolute atomic E-state index is 11.6. The molecule has 0 aromatic carbocycles. The average molecular weight is 653 g/mol. The van der Waals surface area contributed by atoms with Gasteiger partial charge < -0.3 is 20.2 Å². The summed E-state index contributed by atoms with van der Waals surface area (Å²) in [6, 6.07) is 7.84. The number of thiol groups is 1. The zero-order valence-electron chi connectivity index (χ0n) is 25.7. The molecular formula is C34H36FeN4O4S. The molecule has 3 aromatic rings. The van der Waals surface area contributed by atoms with Gasteiger partial charge in [0.25, 0.3) is 0 Å². The van der Waals surface area contributed by atoms with Crippen molar-refractivity contribution in [2.24, 2.45) is 0 Å². The number of carbonyl (C=O) groups is 2. The van der Waals surface area contributed by atoms with Gasteiger partial charge in [-0.3, -0.25) is 9.59 Å².